The Balaban J connectivity index is 1.82. The predicted octanol–water partition coefficient (Wildman–Crippen LogP) is 1.99. The van der Waals surface area contributed by atoms with Crippen LogP contribution in [0.15, 0.2) is 30.3 Å². The molecule has 0 fully saturated rings. The van der Waals surface area contributed by atoms with Crippen molar-refractivity contribution in [2.24, 2.45) is 5.73 Å². The number of carbonyl (C=O) groups excluding carboxylic acids is 1. The molecule has 0 spiro atoms. The summed E-state index contributed by atoms with van der Waals surface area (Å²) >= 11 is 0. The Labute approximate surface area is 169 Å². The van der Waals surface area contributed by atoms with E-state index in [0.29, 0.717) is 24.8 Å². The summed E-state index contributed by atoms with van der Waals surface area (Å²) in [7, 11) is 1.38. The molecule has 1 atom stereocenters. The van der Waals surface area contributed by atoms with E-state index in [1.807, 2.05) is 0 Å². The number of carbonyl (C=O) groups is 1. The summed E-state index contributed by atoms with van der Waals surface area (Å²) < 4.78 is 10.1. The van der Waals surface area contributed by atoms with Gasteiger partial charge in [0.05, 0.1) is 13.2 Å². The van der Waals surface area contributed by atoms with Crippen molar-refractivity contribution < 1.29 is 34.7 Å². The molecule has 0 aliphatic rings. The molecule has 8 heteroatoms. The molecule has 0 bridgehead atoms. The number of aryl methyl sites for hydroxylation is 2. The maximum atomic E-state index is 12.2. The van der Waals surface area contributed by atoms with Gasteiger partial charge in [-0.15, -0.1) is 0 Å². The lowest BCUT2D eigenvalue weighted by molar-refractivity contribution is -0.121. The predicted molar refractivity (Wildman–Crippen MR) is 106 cm³/mol. The monoisotopic (exact) mass is 405 g/mol. The molecule has 2 rings (SSSR count). The van der Waals surface area contributed by atoms with Gasteiger partial charge in [-0.05, 0) is 54.7 Å². The Morgan fingerprint density at radius 3 is 2.45 bits per heavy atom. The van der Waals surface area contributed by atoms with E-state index in [1.54, 1.807) is 18.2 Å². The van der Waals surface area contributed by atoms with E-state index >= 15 is 0 Å². The molecule has 29 heavy (non-hydrogen) atoms. The normalized spacial score (nSPS) is 11.8. The molecule has 0 radical (unpaired) electrons. The van der Waals surface area contributed by atoms with Crippen molar-refractivity contribution in [1.82, 2.24) is 0 Å². The molecule has 0 heterocycles. The van der Waals surface area contributed by atoms with Gasteiger partial charge >= 0.3 is 0 Å². The van der Waals surface area contributed by atoms with Crippen LogP contribution >= 0.6 is 0 Å². The molecular weight excluding hydrogens is 378 g/mol. The van der Waals surface area contributed by atoms with Crippen molar-refractivity contribution >= 4 is 5.78 Å². The number of rotatable bonds is 11. The number of phenolic OH excluding ortho intramolecular Hbond substituents is 3. The first-order valence-electron chi connectivity index (χ1n) is 9.27. The van der Waals surface area contributed by atoms with Gasteiger partial charge in [-0.2, -0.15) is 0 Å². The molecule has 6 N–H and O–H groups in total. The minimum Gasteiger partial charge on any atom is -0.504 e. The first-order valence-corrected chi connectivity index (χ1v) is 9.27. The van der Waals surface area contributed by atoms with Gasteiger partial charge < -0.3 is 29.9 Å². The molecule has 0 aliphatic carbocycles. The second kappa shape index (κ2) is 10.5. The maximum Gasteiger partial charge on any atom is 0.200 e. The Morgan fingerprint density at radius 2 is 1.76 bits per heavy atom. The second-order valence-corrected chi connectivity index (χ2v) is 6.71. The van der Waals surface area contributed by atoms with Gasteiger partial charge in [0.15, 0.2) is 23.0 Å². The number of aliphatic hydroxyl groups is 1. The third-order valence-electron chi connectivity index (χ3n) is 4.52. The summed E-state index contributed by atoms with van der Waals surface area (Å²) in [5.41, 5.74) is 6.81. The van der Waals surface area contributed by atoms with E-state index in [2.05, 4.69) is 0 Å². The van der Waals surface area contributed by atoms with Gasteiger partial charge in [-0.1, -0.05) is 6.07 Å². The second-order valence-electron chi connectivity index (χ2n) is 6.71. The first kappa shape index (κ1) is 22.3. The minimum absolute atomic E-state index is 0.0159. The van der Waals surface area contributed by atoms with E-state index in [0.717, 1.165) is 5.56 Å². The van der Waals surface area contributed by atoms with Gasteiger partial charge in [0.2, 0.25) is 5.75 Å². The van der Waals surface area contributed by atoms with Crippen LogP contribution in [-0.4, -0.2) is 46.2 Å². The fourth-order valence-electron chi connectivity index (χ4n) is 2.95. The van der Waals surface area contributed by atoms with Crippen molar-refractivity contribution in [2.45, 2.75) is 38.2 Å². The first-order chi connectivity index (χ1) is 13.8. The fraction of sp³-hybridized carbons (Fsp3) is 0.381. The van der Waals surface area contributed by atoms with Crippen molar-refractivity contribution in [1.29, 1.82) is 0 Å². The van der Waals surface area contributed by atoms with Crippen LogP contribution in [0.1, 0.15) is 30.4 Å². The van der Waals surface area contributed by atoms with Crippen molar-refractivity contribution in [3.05, 3.63) is 41.5 Å². The number of benzene rings is 2. The van der Waals surface area contributed by atoms with E-state index in [-0.39, 0.29) is 54.1 Å². The highest BCUT2D eigenvalue weighted by atomic mass is 16.5. The molecule has 2 aromatic carbocycles. The van der Waals surface area contributed by atoms with Crippen molar-refractivity contribution in [3.8, 4) is 28.7 Å². The number of hydrogen-bond donors (Lipinski definition) is 5. The van der Waals surface area contributed by atoms with Crippen LogP contribution in [-0.2, 0) is 17.6 Å². The lowest BCUT2D eigenvalue weighted by Gasteiger charge is -2.12. The van der Waals surface area contributed by atoms with Gasteiger partial charge in [-0.25, -0.2) is 0 Å². The Morgan fingerprint density at radius 1 is 1.03 bits per heavy atom. The maximum absolute atomic E-state index is 12.2. The minimum atomic E-state index is -0.819. The summed E-state index contributed by atoms with van der Waals surface area (Å²) in [5, 5.41) is 39.1. The van der Waals surface area contributed by atoms with Crippen LogP contribution in [0.4, 0.5) is 0 Å². The smallest absolute Gasteiger partial charge is 0.200 e. The number of nitrogens with two attached hydrogens (primary N) is 1. The molecule has 0 unspecified atom stereocenters. The summed E-state index contributed by atoms with van der Waals surface area (Å²) in [6.07, 6.45) is 0.641. The standard InChI is InChI=1S/C21H27NO7/c1-28-20-10-14(8-18(26)21(20)27)3-6-16(24)11-15(23)5-2-13-4-7-17(25)19(9-13)29-12-22/h4,7-10,16,24-27H,2-3,5-6,11-12,22H2,1H3/t16-/m1/s1. The van der Waals surface area contributed by atoms with Crippen LogP contribution < -0.4 is 15.2 Å². The van der Waals surface area contributed by atoms with Gasteiger partial charge in [-0.3, -0.25) is 10.5 Å². The fourth-order valence-corrected chi connectivity index (χ4v) is 2.95. The quantitative estimate of drug-likeness (QED) is 0.282. The number of aromatic hydroxyl groups is 3. The number of methoxy groups -OCH3 is 1. The molecule has 0 saturated heterocycles. The van der Waals surface area contributed by atoms with Crippen LogP contribution in [0.25, 0.3) is 0 Å². The summed E-state index contributed by atoms with van der Waals surface area (Å²) in [6, 6.07) is 7.80. The van der Waals surface area contributed by atoms with Crippen LogP contribution in [0.5, 0.6) is 28.7 Å². The highest BCUT2D eigenvalue weighted by molar-refractivity contribution is 5.79. The summed E-state index contributed by atoms with van der Waals surface area (Å²) in [6.45, 7) is -0.0627. The van der Waals surface area contributed by atoms with Crippen molar-refractivity contribution in [2.75, 3.05) is 13.8 Å². The summed E-state index contributed by atoms with van der Waals surface area (Å²) in [5.74, 6) is -0.309. The molecule has 2 aromatic rings. The zero-order valence-electron chi connectivity index (χ0n) is 16.3. The Kier molecular flexibility index (Phi) is 8.11. The molecule has 0 aliphatic heterocycles. The lowest BCUT2D eigenvalue weighted by atomic mass is 9.99. The Hall–Kier alpha value is -2.97. The molecule has 0 aromatic heterocycles. The van der Waals surface area contributed by atoms with E-state index in [9.17, 15) is 25.2 Å². The number of ether oxygens (including phenoxy) is 2. The number of hydrogen-bond acceptors (Lipinski definition) is 8. The van der Waals surface area contributed by atoms with E-state index in [1.165, 1.54) is 19.2 Å². The average molecular weight is 405 g/mol. The van der Waals surface area contributed by atoms with Crippen LogP contribution in [0, 0.1) is 0 Å². The molecular formula is C21H27NO7. The summed E-state index contributed by atoms with van der Waals surface area (Å²) in [4.78, 5) is 12.2. The largest absolute Gasteiger partial charge is 0.504 e. The SMILES string of the molecule is COc1cc(CC[C@@H](O)CC(=O)CCc2ccc(O)c(OCN)c2)cc(O)c1O. The highest BCUT2D eigenvalue weighted by Crippen LogP contribution is 2.36. The third-order valence-corrected chi connectivity index (χ3v) is 4.52. The Bertz CT molecular complexity index is 838. The zero-order chi connectivity index (χ0) is 21.4. The molecule has 0 saturated carbocycles. The van der Waals surface area contributed by atoms with Gasteiger partial charge in [0.1, 0.15) is 12.5 Å². The number of ketones is 1. The molecule has 158 valence electrons. The average Bonchev–Trinajstić information content (AvgIpc) is 2.69. The topological polar surface area (TPSA) is 142 Å². The van der Waals surface area contributed by atoms with Gasteiger partial charge in [0.25, 0.3) is 0 Å². The molecule has 8 nitrogen and oxygen atoms in total. The van der Waals surface area contributed by atoms with Crippen LogP contribution in [0.2, 0.25) is 0 Å². The van der Waals surface area contributed by atoms with E-state index in [4.69, 9.17) is 15.2 Å². The third kappa shape index (κ3) is 6.55. The van der Waals surface area contributed by atoms with Gasteiger partial charge in [0, 0.05) is 12.8 Å². The lowest BCUT2D eigenvalue weighted by Crippen LogP contribution is -2.15. The molecule has 0 amide bonds. The van der Waals surface area contributed by atoms with E-state index < -0.39 is 6.10 Å². The van der Waals surface area contributed by atoms with Crippen molar-refractivity contribution in [3.63, 3.8) is 0 Å². The highest BCUT2D eigenvalue weighted by Gasteiger charge is 2.14. The van der Waals surface area contributed by atoms with Crippen LogP contribution in [0.3, 0.4) is 0 Å². The zero-order valence-corrected chi connectivity index (χ0v) is 16.3. The number of phenols is 3. The number of Topliss-reactive ketones (excluding diaryl/α,β-unsaturated/α-hetero) is 1. The number of aliphatic hydroxyl groups excluding tert-OH is 1.